The van der Waals surface area contributed by atoms with Crippen LogP contribution in [0.2, 0.25) is 0 Å². The standard InChI is InChI=1S/C90H134N10O23S/c1-22-43-118-69(103)39-37-63(95-80(110)62(36-30-31-42-91-65(46-52(5)6)74-67(101)48-90(20,21)49-68(74)102)97-86(116)120-51-61-59-34-28-26-32-57(59)58-33-27-29-35-60(58)61)79(109)93-54(8)78(108)94-64(38-40-70(104)119-44-23-2)81(111)96-66(47-72(106)123-89(17,18)19)82(112)98-75(53(7)24-3)84(114)100-77(56(10)122-88(14,15)16)85(115)99-76(55(9)121-87(11,12)13)83(113)92-50-73(107)124-45-41-71(105)117-25-4/h22-23,26-29,32-35,52-56,61-64,66,75-77,91H,1-2,24-25,30-31,36-51H2,3-21H3,(H,92,113)(H,93,109)(H,94,108)(H,95,110)(H,96,111)(H,97,116)(H,98,112)(H,99,115)(H,100,114)/t53-,54+,55-,56?,62?,63?,64?,66+,75?,76?,77+/m1/s1. The van der Waals surface area contributed by atoms with Gasteiger partial charge in [-0.05, 0) is 168 Å². The van der Waals surface area contributed by atoms with Gasteiger partial charge in [-0.2, -0.15) is 0 Å². The van der Waals surface area contributed by atoms with Crippen molar-refractivity contribution in [3.05, 3.63) is 96.2 Å². The molecule has 1 fully saturated rings. The normalized spacial score (nSPS) is 15.8. The number of thioether (sulfide) groups is 1. The second kappa shape index (κ2) is 50.6. The van der Waals surface area contributed by atoms with Gasteiger partial charge < -0.3 is 86.3 Å². The number of carbonyl (C=O) groups is 16. The highest BCUT2D eigenvalue weighted by Gasteiger charge is 2.43. The highest BCUT2D eigenvalue weighted by molar-refractivity contribution is 8.13. The Morgan fingerprint density at radius 2 is 0.960 bits per heavy atom. The van der Waals surface area contributed by atoms with E-state index in [-0.39, 0.29) is 106 Å². The van der Waals surface area contributed by atoms with Crippen LogP contribution < -0.4 is 53.2 Å². The Kier molecular flexibility index (Phi) is 43.2. The molecule has 0 saturated heterocycles. The Morgan fingerprint density at radius 1 is 0.500 bits per heavy atom. The molecule has 2 aliphatic rings. The molecule has 0 aliphatic heterocycles. The van der Waals surface area contributed by atoms with Crippen LogP contribution in [0.25, 0.3) is 11.1 Å². The summed E-state index contributed by atoms with van der Waals surface area (Å²) >= 11 is 0.785. The molecule has 4 rings (SSSR count). The number of ether oxygens (including phenoxy) is 7. The summed E-state index contributed by atoms with van der Waals surface area (Å²) in [7, 11) is 0. The van der Waals surface area contributed by atoms with Crippen molar-refractivity contribution >= 4 is 106 Å². The summed E-state index contributed by atoms with van der Waals surface area (Å²) in [6, 6.07) is 2.12. The molecule has 1 saturated carbocycles. The van der Waals surface area contributed by atoms with Crippen molar-refractivity contribution in [3.8, 4) is 11.1 Å². The van der Waals surface area contributed by atoms with Crippen LogP contribution in [-0.4, -0.2) is 217 Å². The first kappa shape index (κ1) is 106. The highest BCUT2D eigenvalue weighted by Crippen LogP contribution is 2.45. The van der Waals surface area contributed by atoms with Gasteiger partial charge >= 0.3 is 30.0 Å². The number of carbonyl (C=O) groups excluding carboxylic acids is 16. The van der Waals surface area contributed by atoms with Crippen molar-refractivity contribution in [1.29, 1.82) is 0 Å². The number of rotatable bonds is 50. The van der Waals surface area contributed by atoms with Crippen molar-refractivity contribution in [3.63, 3.8) is 0 Å². The van der Waals surface area contributed by atoms with Crippen molar-refractivity contribution in [2.75, 3.05) is 45.3 Å². The number of fused-ring (bicyclic) bond motifs is 3. The fraction of sp³-hybridized carbons (Fsp3) is 0.622. The van der Waals surface area contributed by atoms with Crippen molar-refractivity contribution in [2.24, 2.45) is 17.3 Å². The number of esters is 4. The molecule has 11 atom stereocenters. The number of hydrogen-bond donors (Lipinski definition) is 10. The third kappa shape index (κ3) is 37.2. The van der Waals surface area contributed by atoms with E-state index in [1.54, 1.807) is 83.1 Å². The molecule has 0 aromatic heterocycles. The third-order valence-corrected chi connectivity index (χ3v) is 20.5. The number of alkyl carbamates (subject to hydrolysis) is 1. The minimum absolute atomic E-state index is 0.0604. The van der Waals surface area contributed by atoms with Crippen LogP contribution in [0, 0.1) is 17.3 Å². The first-order valence-corrected chi connectivity index (χ1v) is 43.5. The van der Waals surface area contributed by atoms with Gasteiger partial charge in [-0.15, -0.1) is 0 Å². The minimum Gasteiger partial charge on any atom is -0.466 e. The number of ketones is 2. The maximum absolute atomic E-state index is 15.0. The van der Waals surface area contributed by atoms with E-state index in [4.69, 9.17) is 33.2 Å². The molecule has 688 valence electrons. The zero-order valence-corrected chi connectivity index (χ0v) is 76.4. The molecule has 2 aliphatic carbocycles. The molecule has 6 unspecified atom stereocenters. The van der Waals surface area contributed by atoms with Crippen LogP contribution in [0.3, 0.4) is 0 Å². The molecule has 33 nitrogen and oxygen atoms in total. The van der Waals surface area contributed by atoms with E-state index in [0.29, 0.717) is 18.5 Å². The summed E-state index contributed by atoms with van der Waals surface area (Å²) in [6.45, 7) is 38.0. The summed E-state index contributed by atoms with van der Waals surface area (Å²) in [5, 5.41) is 26.1. The summed E-state index contributed by atoms with van der Waals surface area (Å²) in [5.74, 6) is -13.0. The summed E-state index contributed by atoms with van der Waals surface area (Å²) in [5.41, 5.74) is 0.899. The van der Waals surface area contributed by atoms with E-state index in [9.17, 15) is 67.1 Å². The van der Waals surface area contributed by atoms with Crippen LogP contribution in [0.5, 0.6) is 0 Å². The van der Waals surface area contributed by atoms with E-state index < -0.39 is 210 Å². The molecule has 0 heterocycles. The third-order valence-electron chi connectivity index (χ3n) is 19.7. The molecule has 9 amide bonds. The average Bonchev–Trinajstić information content (AvgIpc) is 1.65. The van der Waals surface area contributed by atoms with Gasteiger partial charge in [0.2, 0.25) is 52.4 Å². The number of benzene rings is 2. The Hall–Kier alpha value is -10.3. The second-order valence-electron chi connectivity index (χ2n) is 35.2. The van der Waals surface area contributed by atoms with E-state index in [2.05, 4.69) is 66.3 Å². The Balaban J connectivity index is 1.71. The Bertz CT molecular complexity index is 4050. The molecule has 2 aromatic carbocycles. The molecule has 10 N–H and O–H groups in total. The Labute approximate surface area is 733 Å². The predicted octanol–water partition coefficient (Wildman–Crippen LogP) is 7.86. The van der Waals surface area contributed by atoms with Gasteiger partial charge in [0.25, 0.3) is 0 Å². The molecular formula is C90H134N10O23S. The number of amides is 9. The monoisotopic (exact) mass is 1750 g/mol. The second-order valence-corrected chi connectivity index (χ2v) is 36.3. The Morgan fingerprint density at radius 3 is 1.45 bits per heavy atom. The predicted molar refractivity (Wildman–Crippen MR) is 466 cm³/mol. The topological polar surface area (TPSA) is 458 Å². The van der Waals surface area contributed by atoms with Gasteiger partial charge in [-0.1, -0.05) is 134 Å². The molecule has 124 heavy (non-hydrogen) atoms. The van der Waals surface area contributed by atoms with E-state index >= 15 is 9.59 Å². The summed E-state index contributed by atoms with van der Waals surface area (Å²) < 4.78 is 39.2. The number of hydrogen-bond acceptors (Lipinski definition) is 25. The zero-order valence-electron chi connectivity index (χ0n) is 75.6. The summed E-state index contributed by atoms with van der Waals surface area (Å²) in [4.78, 5) is 224. The maximum Gasteiger partial charge on any atom is 0.407 e. The molecule has 34 heteroatoms. The SMILES string of the molecule is C=CCOC(=O)CCC(NC(=O)C(CCCCNC(CC(C)C)=C1C(=O)CC(C)(C)CC1=O)NC(=O)OCC1c2ccccc2-c2ccccc21)C(=O)N[C@@H](C)C(=O)NC(CCC(=O)OCC=C)C(=O)N[C@@H](CC(=O)OC(C)(C)C)C(=O)NC(C(=O)N[C@H](C(=O)NC(C(=O)NCC(=O)SCCC(=O)OCC)[C@@H](C)OC(C)(C)C)C(C)OC(C)(C)C)[C@H](C)CC. The van der Waals surface area contributed by atoms with Gasteiger partial charge in [0, 0.05) is 49.6 Å². The largest absolute Gasteiger partial charge is 0.466 e. The van der Waals surface area contributed by atoms with Gasteiger partial charge in [0.15, 0.2) is 11.6 Å². The number of allylic oxidation sites excluding steroid dienone is 2. The molecule has 0 spiro atoms. The van der Waals surface area contributed by atoms with E-state index in [1.807, 2.05) is 76.2 Å². The van der Waals surface area contributed by atoms with Gasteiger partial charge in [0.1, 0.15) is 73.8 Å². The molecule has 0 bridgehead atoms. The highest BCUT2D eigenvalue weighted by atomic mass is 32.2. The van der Waals surface area contributed by atoms with Crippen molar-refractivity contribution in [2.45, 2.75) is 298 Å². The first-order valence-electron chi connectivity index (χ1n) is 42.5. The molecule has 2 aromatic rings. The fourth-order valence-electron chi connectivity index (χ4n) is 13.8. The average molecular weight is 1760 g/mol. The minimum atomic E-state index is -1.94. The lowest BCUT2D eigenvalue weighted by molar-refractivity contribution is -0.157. The van der Waals surface area contributed by atoms with Crippen LogP contribution >= 0.6 is 11.8 Å². The smallest absolute Gasteiger partial charge is 0.407 e. The maximum atomic E-state index is 15.0. The van der Waals surface area contributed by atoms with Crippen LogP contribution in [0.1, 0.15) is 232 Å². The van der Waals surface area contributed by atoms with E-state index in [0.717, 1.165) is 34.0 Å². The molecular weight excluding hydrogens is 1620 g/mol. The number of unbranched alkanes of at least 4 members (excludes halogenated alkanes) is 1. The lowest BCUT2D eigenvalue weighted by Gasteiger charge is -2.35. The lowest BCUT2D eigenvalue weighted by atomic mass is 9.73. The van der Waals surface area contributed by atoms with Crippen LogP contribution in [0.4, 0.5) is 4.79 Å². The van der Waals surface area contributed by atoms with Gasteiger partial charge in [-0.3, -0.25) is 71.9 Å². The van der Waals surface area contributed by atoms with Gasteiger partial charge in [-0.25, -0.2) is 4.79 Å². The van der Waals surface area contributed by atoms with E-state index in [1.165, 1.54) is 32.9 Å². The zero-order chi connectivity index (χ0) is 93.1. The van der Waals surface area contributed by atoms with Crippen molar-refractivity contribution < 1.29 is 110 Å². The fourth-order valence-corrected chi connectivity index (χ4v) is 14.5. The van der Waals surface area contributed by atoms with Gasteiger partial charge in [0.05, 0.1) is 55.0 Å². The van der Waals surface area contributed by atoms with Crippen LogP contribution in [-0.2, 0) is 105 Å². The van der Waals surface area contributed by atoms with Crippen LogP contribution in [0.15, 0.2) is 85.1 Å². The lowest BCUT2D eigenvalue weighted by Crippen LogP contribution is -2.64. The number of nitrogens with one attached hydrogen (secondary N) is 10. The van der Waals surface area contributed by atoms with Crippen molar-refractivity contribution in [1.82, 2.24) is 53.2 Å². The molecule has 0 radical (unpaired) electrons. The summed E-state index contributed by atoms with van der Waals surface area (Å²) in [6.07, 6.45) is -2.23. The quantitative estimate of drug-likeness (QED) is 0.00752. The number of Topliss-reactive ketones (excluding diaryl/α,β-unsaturated/α-hetero) is 2. The first-order chi connectivity index (χ1) is 58.0.